The van der Waals surface area contributed by atoms with Crippen molar-refractivity contribution in [1.29, 1.82) is 0 Å². The molecule has 0 spiro atoms. The molecule has 1 saturated heterocycles. The Morgan fingerprint density at radius 1 is 1.20 bits per heavy atom. The highest BCUT2D eigenvalue weighted by atomic mass is 16.5. The van der Waals surface area contributed by atoms with Crippen LogP contribution in [-0.2, 0) is 17.8 Å². The first kappa shape index (κ1) is 20.4. The van der Waals surface area contributed by atoms with E-state index in [-0.39, 0.29) is 17.9 Å². The minimum atomic E-state index is -0.104. The molecule has 4 rings (SSSR count). The molecule has 160 valence electrons. The average molecular weight is 412 g/mol. The predicted molar refractivity (Wildman–Crippen MR) is 111 cm³/mol. The highest BCUT2D eigenvalue weighted by Crippen LogP contribution is 2.28. The first-order chi connectivity index (χ1) is 14.5. The summed E-state index contributed by atoms with van der Waals surface area (Å²) >= 11 is 0. The van der Waals surface area contributed by atoms with Gasteiger partial charge in [0.2, 0.25) is 0 Å². The molecule has 1 fully saturated rings. The monoisotopic (exact) mass is 412 g/mol. The maximum atomic E-state index is 13.3. The van der Waals surface area contributed by atoms with Crippen molar-refractivity contribution in [3.05, 3.63) is 46.8 Å². The molecule has 2 aliphatic rings. The molecule has 0 radical (unpaired) electrons. The van der Waals surface area contributed by atoms with Crippen LogP contribution in [-0.4, -0.2) is 70.3 Å². The van der Waals surface area contributed by atoms with Crippen LogP contribution in [0.2, 0.25) is 0 Å². The lowest BCUT2D eigenvalue weighted by Gasteiger charge is -2.27. The molecular weight excluding hydrogens is 384 g/mol. The molecule has 3 heterocycles. The number of aromatic nitrogens is 2. The van der Waals surface area contributed by atoms with Gasteiger partial charge in [-0.2, -0.15) is 5.10 Å². The van der Waals surface area contributed by atoms with Crippen LogP contribution >= 0.6 is 0 Å². The summed E-state index contributed by atoms with van der Waals surface area (Å²) in [5, 5.41) is 4.31. The molecule has 30 heavy (non-hydrogen) atoms. The van der Waals surface area contributed by atoms with Crippen LogP contribution in [0.25, 0.3) is 0 Å². The highest BCUT2D eigenvalue weighted by Gasteiger charge is 2.29. The first-order valence-corrected chi connectivity index (χ1v) is 10.5. The number of ether oxygens (including phenoxy) is 2. The Kier molecular flexibility index (Phi) is 5.76. The van der Waals surface area contributed by atoms with Crippen molar-refractivity contribution in [2.45, 2.75) is 39.9 Å². The van der Waals surface area contributed by atoms with Crippen LogP contribution < -0.4 is 4.74 Å². The number of hydrogen-bond acceptors (Lipinski definition) is 5. The second-order valence-electron chi connectivity index (χ2n) is 7.78. The first-order valence-electron chi connectivity index (χ1n) is 10.5. The lowest BCUT2D eigenvalue weighted by molar-refractivity contribution is 0.0303. The fraction of sp³-hybridized carbons (Fsp3) is 0.500. The molecule has 0 aliphatic carbocycles. The van der Waals surface area contributed by atoms with Crippen molar-refractivity contribution in [2.75, 3.05) is 32.9 Å². The minimum absolute atomic E-state index is 0.0173. The maximum Gasteiger partial charge on any atom is 0.257 e. The Morgan fingerprint density at radius 3 is 2.67 bits per heavy atom. The Hall–Kier alpha value is -2.87. The van der Waals surface area contributed by atoms with Gasteiger partial charge in [-0.05, 0) is 39.0 Å². The molecule has 8 heteroatoms. The zero-order valence-electron chi connectivity index (χ0n) is 17.8. The number of rotatable bonds is 3. The average Bonchev–Trinajstić information content (AvgIpc) is 3.07. The molecule has 0 bridgehead atoms. The number of carbonyl (C=O) groups is 2. The third-order valence-corrected chi connectivity index (χ3v) is 5.85. The van der Waals surface area contributed by atoms with Crippen molar-refractivity contribution in [3.8, 4) is 5.75 Å². The minimum Gasteiger partial charge on any atom is -0.491 e. The summed E-state index contributed by atoms with van der Waals surface area (Å²) in [4.78, 5) is 29.8. The van der Waals surface area contributed by atoms with Gasteiger partial charge in [0.15, 0.2) is 0 Å². The van der Waals surface area contributed by atoms with Gasteiger partial charge in [0.25, 0.3) is 11.8 Å². The largest absolute Gasteiger partial charge is 0.491 e. The molecule has 1 aromatic heterocycles. The van der Waals surface area contributed by atoms with Crippen LogP contribution in [0, 0.1) is 6.92 Å². The zero-order valence-corrected chi connectivity index (χ0v) is 17.8. The van der Waals surface area contributed by atoms with Gasteiger partial charge in [0, 0.05) is 36.5 Å². The number of carbonyl (C=O) groups excluding carboxylic acids is 2. The fourth-order valence-electron chi connectivity index (χ4n) is 3.97. The third kappa shape index (κ3) is 3.79. The second-order valence-corrected chi connectivity index (χ2v) is 7.78. The summed E-state index contributed by atoms with van der Waals surface area (Å²) in [6.45, 7) is 9.69. The predicted octanol–water partition coefficient (Wildman–Crippen LogP) is 2.11. The molecule has 0 N–H and O–H groups in total. The summed E-state index contributed by atoms with van der Waals surface area (Å²) in [5.74, 6) is 0.633. The maximum absolute atomic E-state index is 13.3. The second kappa shape index (κ2) is 8.47. The molecule has 8 nitrogen and oxygen atoms in total. The molecule has 0 saturated carbocycles. The van der Waals surface area contributed by atoms with Crippen molar-refractivity contribution in [3.63, 3.8) is 0 Å². The highest BCUT2D eigenvalue weighted by molar-refractivity contribution is 5.96. The molecule has 2 amide bonds. The van der Waals surface area contributed by atoms with E-state index < -0.39 is 0 Å². The molecular formula is C22H28N4O4. The van der Waals surface area contributed by atoms with Gasteiger partial charge in [-0.1, -0.05) is 0 Å². The van der Waals surface area contributed by atoms with Crippen LogP contribution in [0.5, 0.6) is 5.75 Å². The zero-order chi connectivity index (χ0) is 21.3. The fourth-order valence-corrected chi connectivity index (χ4v) is 3.97. The van der Waals surface area contributed by atoms with Gasteiger partial charge in [-0.3, -0.25) is 14.3 Å². The number of amides is 2. The van der Waals surface area contributed by atoms with Gasteiger partial charge in [-0.15, -0.1) is 0 Å². The lowest BCUT2D eigenvalue weighted by atomic mass is 10.1. The number of fused-ring (bicyclic) bond motifs is 1. The Balaban J connectivity index is 1.60. The van der Waals surface area contributed by atoms with E-state index in [2.05, 4.69) is 5.10 Å². The van der Waals surface area contributed by atoms with Gasteiger partial charge < -0.3 is 19.3 Å². The number of nitrogens with zero attached hydrogens (tertiary/aromatic N) is 4. The van der Waals surface area contributed by atoms with E-state index in [4.69, 9.17) is 9.47 Å². The van der Waals surface area contributed by atoms with E-state index in [0.29, 0.717) is 57.1 Å². The summed E-state index contributed by atoms with van der Waals surface area (Å²) in [6, 6.07) is 5.39. The van der Waals surface area contributed by atoms with E-state index >= 15 is 0 Å². The lowest BCUT2D eigenvalue weighted by Crippen LogP contribution is -2.41. The normalized spacial score (nSPS) is 19.1. The van der Waals surface area contributed by atoms with Crippen molar-refractivity contribution >= 4 is 11.8 Å². The van der Waals surface area contributed by atoms with E-state index in [1.165, 1.54) is 0 Å². The Bertz CT molecular complexity index is 949. The van der Waals surface area contributed by atoms with Crippen molar-refractivity contribution < 1.29 is 19.1 Å². The number of hydrogen-bond donors (Lipinski definition) is 0. The number of benzene rings is 1. The van der Waals surface area contributed by atoms with Gasteiger partial charge in [0.1, 0.15) is 12.4 Å². The standard InChI is InChI=1S/C22H28N4O4/c1-4-26-16(3)19(12-23-26)22(28)25-13-18-11-17(5-6-20(18)30-14-15(25)2)21(27)24-7-9-29-10-8-24/h5-6,11-12,15H,4,7-10,13-14H2,1-3H3/t15-/m0/s1. The van der Waals surface area contributed by atoms with Gasteiger partial charge in [-0.25, -0.2) is 0 Å². The summed E-state index contributed by atoms with van der Waals surface area (Å²) in [7, 11) is 0. The molecule has 2 aliphatic heterocycles. The van der Waals surface area contributed by atoms with Crippen LogP contribution in [0.3, 0.4) is 0 Å². The van der Waals surface area contributed by atoms with Gasteiger partial charge in [0.05, 0.1) is 37.6 Å². The van der Waals surface area contributed by atoms with Crippen LogP contribution in [0.1, 0.15) is 45.8 Å². The number of aryl methyl sites for hydroxylation is 1. The third-order valence-electron chi connectivity index (χ3n) is 5.85. The molecule has 2 aromatic rings. The number of morpholine rings is 1. The SMILES string of the molecule is CCn1ncc(C(=O)N2Cc3cc(C(=O)N4CCOCC4)ccc3OC[C@@H]2C)c1C. The summed E-state index contributed by atoms with van der Waals surface area (Å²) in [5.41, 5.74) is 2.91. The summed E-state index contributed by atoms with van der Waals surface area (Å²) in [6.07, 6.45) is 1.64. The van der Waals surface area contributed by atoms with Crippen LogP contribution in [0.4, 0.5) is 0 Å². The molecule has 1 aromatic carbocycles. The quantitative estimate of drug-likeness (QED) is 0.772. The van der Waals surface area contributed by atoms with Gasteiger partial charge >= 0.3 is 0 Å². The molecule has 0 unspecified atom stereocenters. The van der Waals surface area contributed by atoms with E-state index in [9.17, 15) is 9.59 Å². The Labute approximate surface area is 176 Å². The van der Waals surface area contributed by atoms with Crippen molar-refractivity contribution in [2.24, 2.45) is 0 Å². The topological polar surface area (TPSA) is 76.9 Å². The van der Waals surface area contributed by atoms with E-state index in [1.54, 1.807) is 22.1 Å². The Morgan fingerprint density at radius 2 is 1.97 bits per heavy atom. The smallest absolute Gasteiger partial charge is 0.257 e. The van der Waals surface area contributed by atoms with E-state index in [1.807, 2.05) is 37.6 Å². The molecule has 1 atom stereocenters. The van der Waals surface area contributed by atoms with E-state index in [0.717, 1.165) is 17.0 Å². The van der Waals surface area contributed by atoms with Crippen molar-refractivity contribution in [1.82, 2.24) is 19.6 Å². The summed E-state index contributed by atoms with van der Waals surface area (Å²) < 4.78 is 13.1. The van der Waals surface area contributed by atoms with Crippen LogP contribution in [0.15, 0.2) is 24.4 Å².